The maximum Gasteiger partial charge on any atom is 0.416 e. The summed E-state index contributed by atoms with van der Waals surface area (Å²) in [5.74, 6) is -0.550. The molecule has 13 heteroatoms. The summed E-state index contributed by atoms with van der Waals surface area (Å²) in [6, 6.07) is 8.59. The van der Waals surface area contributed by atoms with Gasteiger partial charge in [-0.15, -0.1) is 0 Å². The average molecular weight is 525 g/mol. The van der Waals surface area contributed by atoms with Crippen LogP contribution in [0.1, 0.15) is 25.3 Å². The lowest BCUT2D eigenvalue weighted by molar-refractivity contribution is -0.137. The van der Waals surface area contributed by atoms with Crippen LogP contribution in [0.25, 0.3) is 22.3 Å². The second kappa shape index (κ2) is 9.32. The van der Waals surface area contributed by atoms with E-state index in [9.17, 15) is 22.8 Å². The molecule has 10 nitrogen and oxygen atoms in total. The van der Waals surface area contributed by atoms with Gasteiger partial charge in [0.15, 0.2) is 11.6 Å². The number of carbonyl (C=O) groups excluding carboxylic acids is 1. The van der Waals surface area contributed by atoms with Crippen molar-refractivity contribution >= 4 is 28.4 Å². The largest absolute Gasteiger partial charge is 0.437 e. The molecule has 196 valence electrons. The number of aromatic nitrogens is 4. The Morgan fingerprint density at radius 3 is 2.68 bits per heavy atom. The van der Waals surface area contributed by atoms with E-state index in [4.69, 9.17) is 16.2 Å². The van der Waals surface area contributed by atoms with Crippen LogP contribution in [0.3, 0.4) is 0 Å². The molecule has 5 N–H and O–H groups in total. The molecule has 0 aliphatic carbocycles. The molecule has 1 fully saturated rings. The summed E-state index contributed by atoms with van der Waals surface area (Å²) in [7, 11) is 0. The molecule has 0 bridgehead atoms. The lowest BCUT2D eigenvalue weighted by atomic mass is 10.0. The first-order valence-electron chi connectivity index (χ1n) is 11.6. The van der Waals surface area contributed by atoms with Gasteiger partial charge < -0.3 is 26.1 Å². The quantitative estimate of drug-likeness (QED) is 0.357. The van der Waals surface area contributed by atoms with Crippen molar-refractivity contribution in [2.24, 2.45) is 5.73 Å². The van der Waals surface area contributed by atoms with E-state index in [-0.39, 0.29) is 40.4 Å². The Morgan fingerprint density at radius 1 is 1.16 bits per heavy atom. The highest BCUT2D eigenvalue weighted by Gasteiger charge is 2.38. The van der Waals surface area contributed by atoms with Crippen molar-refractivity contribution in [1.29, 1.82) is 0 Å². The van der Waals surface area contributed by atoms with E-state index in [0.717, 1.165) is 12.1 Å². The van der Waals surface area contributed by atoms with E-state index in [1.54, 1.807) is 23.1 Å². The number of H-pyrrole nitrogens is 1. The molecule has 3 heterocycles. The van der Waals surface area contributed by atoms with Gasteiger partial charge in [0.25, 0.3) is 5.56 Å². The molecule has 38 heavy (non-hydrogen) atoms. The maximum absolute atomic E-state index is 13.6. The van der Waals surface area contributed by atoms with Gasteiger partial charge in [0.2, 0.25) is 11.8 Å². The fourth-order valence-corrected chi connectivity index (χ4v) is 4.64. The highest BCUT2D eigenvalue weighted by atomic mass is 19.4. The minimum absolute atomic E-state index is 0.0702. The summed E-state index contributed by atoms with van der Waals surface area (Å²) in [4.78, 5) is 40.6. The van der Waals surface area contributed by atoms with E-state index in [0.29, 0.717) is 23.9 Å². The second-order valence-corrected chi connectivity index (χ2v) is 8.93. The van der Waals surface area contributed by atoms with E-state index < -0.39 is 29.2 Å². The molecule has 1 aliphatic heterocycles. The first kappa shape index (κ1) is 25.0. The number of amides is 1. The van der Waals surface area contributed by atoms with Crippen LogP contribution in [0.15, 0.2) is 53.6 Å². The third kappa shape index (κ3) is 4.58. The Bertz CT molecular complexity index is 1610. The van der Waals surface area contributed by atoms with Crippen molar-refractivity contribution in [2.75, 3.05) is 10.6 Å². The molecule has 0 spiro atoms. The molecule has 1 saturated heterocycles. The average Bonchev–Trinajstić information content (AvgIpc) is 3.26. The number of benzene rings is 2. The number of ether oxygens (including phenoxy) is 1. The number of anilines is 2. The number of rotatable bonds is 5. The standard InChI is InChI=1S/C25H22F3N7O3/c1-12-5-8-17(23(30)36)35(12)18-9-13(25(26,27)28)6-7-14(18)16-10-20(32-11-31-16)38-19-4-2-3-15-21(19)34-22(29)24(37)33-15/h2-4,6-7,9-12,17H,5,8H2,1H3,(H2,29,34)(H2,30,36)(H,33,37)/t12-,17+/m1/s1. The topological polar surface area (TPSA) is 153 Å². The molecular formula is C25H22F3N7O3. The highest BCUT2D eigenvalue weighted by molar-refractivity contribution is 5.88. The third-order valence-corrected chi connectivity index (χ3v) is 6.44. The zero-order valence-electron chi connectivity index (χ0n) is 20.0. The Hall–Kier alpha value is -4.68. The molecule has 1 amide bonds. The number of nitrogens with one attached hydrogen (secondary N) is 1. The molecule has 1 aliphatic rings. The predicted molar refractivity (Wildman–Crippen MR) is 133 cm³/mol. The van der Waals surface area contributed by atoms with Crippen molar-refractivity contribution in [3.8, 4) is 22.9 Å². The Kier molecular flexibility index (Phi) is 6.13. The summed E-state index contributed by atoms with van der Waals surface area (Å²) in [6.45, 7) is 1.82. The van der Waals surface area contributed by atoms with Gasteiger partial charge in [-0.25, -0.2) is 15.0 Å². The number of nitrogen functional groups attached to an aromatic ring is 1. The summed E-state index contributed by atoms with van der Waals surface area (Å²) in [5, 5.41) is 0. The summed E-state index contributed by atoms with van der Waals surface area (Å²) in [6.07, 6.45) is -2.38. The molecule has 0 radical (unpaired) electrons. The monoisotopic (exact) mass is 525 g/mol. The number of nitrogens with zero attached hydrogens (tertiary/aromatic N) is 4. The van der Waals surface area contributed by atoms with Gasteiger partial charge in [-0.2, -0.15) is 13.2 Å². The first-order chi connectivity index (χ1) is 18.0. The van der Waals surface area contributed by atoms with E-state index >= 15 is 0 Å². The predicted octanol–water partition coefficient (Wildman–Crippen LogP) is 3.62. The van der Waals surface area contributed by atoms with Crippen LogP contribution < -0.4 is 26.7 Å². The van der Waals surface area contributed by atoms with Crippen LogP contribution >= 0.6 is 0 Å². The lowest BCUT2D eigenvalue weighted by Gasteiger charge is -2.31. The zero-order valence-corrected chi connectivity index (χ0v) is 20.0. The van der Waals surface area contributed by atoms with Crippen LogP contribution in [0.4, 0.5) is 24.7 Å². The lowest BCUT2D eigenvalue weighted by Crippen LogP contribution is -2.43. The van der Waals surface area contributed by atoms with Crippen molar-refractivity contribution in [3.63, 3.8) is 0 Å². The number of hydrogen-bond acceptors (Lipinski definition) is 8. The number of aromatic amines is 1. The SMILES string of the molecule is C[C@@H]1CC[C@@H](C(N)=O)N1c1cc(C(F)(F)F)ccc1-c1cc(Oc2cccc3[nH]c(=O)c(N)nc23)ncn1. The number of halogens is 3. The normalized spacial score (nSPS) is 17.6. The minimum Gasteiger partial charge on any atom is -0.437 e. The number of primary amides is 1. The highest BCUT2D eigenvalue weighted by Crippen LogP contribution is 2.41. The maximum atomic E-state index is 13.6. The number of fused-ring (bicyclic) bond motifs is 1. The molecule has 4 aromatic rings. The molecule has 0 saturated carbocycles. The number of alkyl halides is 3. The van der Waals surface area contributed by atoms with E-state index in [2.05, 4.69) is 19.9 Å². The molecule has 2 aromatic heterocycles. The van der Waals surface area contributed by atoms with Gasteiger partial charge in [0.05, 0.1) is 16.8 Å². The van der Waals surface area contributed by atoms with Crippen molar-refractivity contribution in [2.45, 2.75) is 38.0 Å². The van der Waals surface area contributed by atoms with Gasteiger partial charge in [-0.05, 0) is 44.0 Å². The molecule has 5 rings (SSSR count). The van der Waals surface area contributed by atoms with Gasteiger partial charge in [-0.1, -0.05) is 12.1 Å². The van der Waals surface area contributed by atoms with Crippen molar-refractivity contribution in [1.82, 2.24) is 19.9 Å². The summed E-state index contributed by atoms with van der Waals surface area (Å²) < 4.78 is 46.8. The Labute approximate surface area is 213 Å². The molecule has 2 aromatic carbocycles. The van der Waals surface area contributed by atoms with Gasteiger partial charge in [-0.3, -0.25) is 9.59 Å². The van der Waals surface area contributed by atoms with Gasteiger partial charge in [0, 0.05) is 23.4 Å². The van der Waals surface area contributed by atoms with Gasteiger partial charge >= 0.3 is 6.18 Å². The Balaban J connectivity index is 1.60. The number of nitrogens with two attached hydrogens (primary N) is 2. The van der Waals surface area contributed by atoms with Crippen molar-refractivity contribution in [3.05, 3.63) is 64.7 Å². The zero-order chi connectivity index (χ0) is 27.2. The molecule has 0 unspecified atom stereocenters. The van der Waals surface area contributed by atoms with E-state index in [1.807, 2.05) is 6.92 Å². The Morgan fingerprint density at radius 2 is 1.95 bits per heavy atom. The number of para-hydroxylation sites is 1. The number of carbonyl (C=O) groups is 1. The fourth-order valence-electron chi connectivity index (χ4n) is 4.64. The van der Waals surface area contributed by atoms with Crippen LogP contribution in [0.5, 0.6) is 11.6 Å². The van der Waals surface area contributed by atoms with Crippen LogP contribution in [0.2, 0.25) is 0 Å². The smallest absolute Gasteiger partial charge is 0.416 e. The van der Waals surface area contributed by atoms with Crippen LogP contribution in [-0.2, 0) is 11.0 Å². The van der Waals surface area contributed by atoms with Crippen molar-refractivity contribution < 1.29 is 22.7 Å². The third-order valence-electron chi connectivity index (χ3n) is 6.44. The molecule has 2 atom stereocenters. The number of hydrogen-bond donors (Lipinski definition) is 3. The van der Waals surface area contributed by atoms with E-state index in [1.165, 1.54) is 18.5 Å². The minimum atomic E-state index is -4.59. The van der Waals surface area contributed by atoms with Crippen LogP contribution in [-0.4, -0.2) is 37.9 Å². The molecular weight excluding hydrogens is 503 g/mol. The van der Waals surface area contributed by atoms with Crippen LogP contribution in [0, 0.1) is 0 Å². The summed E-state index contributed by atoms with van der Waals surface area (Å²) >= 11 is 0. The summed E-state index contributed by atoms with van der Waals surface area (Å²) in [5.41, 5.74) is 11.3. The second-order valence-electron chi connectivity index (χ2n) is 8.93. The fraction of sp³-hybridized carbons (Fsp3) is 0.240. The first-order valence-corrected chi connectivity index (χ1v) is 11.6. The van der Waals surface area contributed by atoms with Gasteiger partial charge in [0.1, 0.15) is 17.9 Å².